The molecule has 0 aliphatic rings. The van der Waals surface area contributed by atoms with Crippen molar-refractivity contribution < 1.29 is 38.8 Å². The van der Waals surface area contributed by atoms with Gasteiger partial charge in [0.25, 0.3) is 0 Å². The molecule has 8 nitrogen and oxygen atoms in total. The zero-order chi connectivity index (χ0) is 16.0. The quantitative estimate of drug-likeness (QED) is 0.624. The summed E-state index contributed by atoms with van der Waals surface area (Å²) in [5.74, 6) is -4.81. The number of hydrogen-bond donors (Lipinski definition) is 3. The molecule has 0 atom stereocenters. The van der Waals surface area contributed by atoms with Crippen LogP contribution in [0.5, 0.6) is 5.75 Å². The molecule has 9 heteroatoms. The fourth-order valence-corrected chi connectivity index (χ4v) is 1.55. The Morgan fingerprint density at radius 3 is 2.10 bits per heavy atom. The van der Waals surface area contributed by atoms with E-state index in [1.165, 1.54) is 0 Å². The molecule has 114 valence electrons. The zero-order valence-electron chi connectivity index (χ0n) is 10.7. The summed E-state index contributed by atoms with van der Waals surface area (Å²) in [6.45, 7) is -2.15. The number of ether oxygens (including phenoxy) is 1. The number of halogens is 1. The van der Waals surface area contributed by atoms with Crippen LogP contribution >= 0.6 is 0 Å². The van der Waals surface area contributed by atoms with Gasteiger partial charge in [0, 0.05) is 6.07 Å². The van der Waals surface area contributed by atoms with Crippen molar-refractivity contribution in [2.45, 2.75) is 0 Å². The van der Waals surface area contributed by atoms with Crippen LogP contribution in [0.4, 0.5) is 10.1 Å². The first-order valence-corrected chi connectivity index (χ1v) is 5.62. The van der Waals surface area contributed by atoms with Crippen LogP contribution in [-0.2, 0) is 14.4 Å². The maximum atomic E-state index is 13.3. The van der Waals surface area contributed by atoms with E-state index in [1.54, 1.807) is 0 Å². The highest BCUT2D eigenvalue weighted by Crippen LogP contribution is 2.29. The third kappa shape index (κ3) is 5.35. The van der Waals surface area contributed by atoms with E-state index in [0.29, 0.717) is 0 Å². The van der Waals surface area contributed by atoms with Crippen LogP contribution in [0.1, 0.15) is 0 Å². The summed E-state index contributed by atoms with van der Waals surface area (Å²) in [6.07, 6.45) is 0. The second-order valence-corrected chi connectivity index (χ2v) is 3.94. The van der Waals surface area contributed by atoms with E-state index in [4.69, 9.17) is 20.1 Å². The van der Waals surface area contributed by atoms with Gasteiger partial charge in [0.2, 0.25) is 0 Å². The highest BCUT2D eigenvalue weighted by molar-refractivity contribution is 5.81. The Labute approximate surface area is 118 Å². The van der Waals surface area contributed by atoms with E-state index in [9.17, 15) is 18.8 Å². The lowest BCUT2D eigenvalue weighted by atomic mass is 10.2. The molecule has 1 rings (SSSR count). The van der Waals surface area contributed by atoms with E-state index in [-0.39, 0.29) is 11.4 Å². The van der Waals surface area contributed by atoms with Crippen LogP contribution in [0.3, 0.4) is 0 Å². The van der Waals surface area contributed by atoms with Gasteiger partial charge in [0.1, 0.15) is 24.7 Å². The Balaban J connectivity index is 3.13. The smallest absolute Gasteiger partial charge is 0.341 e. The second-order valence-electron chi connectivity index (χ2n) is 3.94. The molecule has 0 aromatic heterocycles. The van der Waals surface area contributed by atoms with Crippen molar-refractivity contribution in [2.24, 2.45) is 0 Å². The number of aliphatic carboxylic acids is 3. The Hall–Kier alpha value is -2.84. The lowest BCUT2D eigenvalue weighted by Crippen LogP contribution is -2.35. The van der Waals surface area contributed by atoms with Gasteiger partial charge in [0.15, 0.2) is 6.61 Å². The minimum atomic E-state index is -1.33. The first-order valence-electron chi connectivity index (χ1n) is 5.62. The van der Waals surface area contributed by atoms with Gasteiger partial charge in [-0.3, -0.25) is 9.59 Å². The van der Waals surface area contributed by atoms with Crippen molar-refractivity contribution in [2.75, 3.05) is 24.6 Å². The third-order valence-electron chi connectivity index (χ3n) is 2.27. The molecule has 21 heavy (non-hydrogen) atoms. The predicted octanol–water partition coefficient (Wildman–Crippen LogP) is 0.265. The first kappa shape index (κ1) is 16.2. The van der Waals surface area contributed by atoms with E-state index < -0.39 is 43.4 Å². The molecule has 0 unspecified atom stereocenters. The Morgan fingerprint density at radius 2 is 1.62 bits per heavy atom. The van der Waals surface area contributed by atoms with Crippen molar-refractivity contribution in [3.8, 4) is 5.75 Å². The van der Waals surface area contributed by atoms with E-state index in [1.807, 2.05) is 0 Å². The molecular formula is C12H12FNO7. The summed E-state index contributed by atoms with van der Waals surface area (Å²) in [5.41, 5.74) is -0.152. The number of anilines is 1. The topological polar surface area (TPSA) is 124 Å². The maximum absolute atomic E-state index is 13.3. The van der Waals surface area contributed by atoms with Gasteiger partial charge in [-0.1, -0.05) is 0 Å². The molecule has 0 fully saturated rings. The summed E-state index contributed by atoms with van der Waals surface area (Å²) in [4.78, 5) is 32.9. The Kier molecular flexibility index (Phi) is 5.47. The average Bonchev–Trinajstić information content (AvgIpc) is 2.35. The number of carboxylic acids is 3. The largest absolute Gasteiger partial charge is 0.480 e. The maximum Gasteiger partial charge on any atom is 0.341 e. The van der Waals surface area contributed by atoms with Crippen LogP contribution < -0.4 is 9.64 Å². The molecule has 1 aromatic rings. The predicted molar refractivity (Wildman–Crippen MR) is 67.0 cm³/mol. The lowest BCUT2D eigenvalue weighted by molar-refractivity contribution is -0.140. The normalized spacial score (nSPS) is 9.95. The average molecular weight is 301 g/mol. The molecule has 0 saturated carbocycles. The molecule has 0 radical (unpaired) electrons. The molecule has 1 aromatic carbocycles. The molecule has 0 amide bonds. The van der Waals surface area contributed by atoms with Crippen molar-refractivity contribution in [1.82, 2.24) is 0 Å². The van der Waals surface area contributed by atoms with Crippen LogP contribution in [0, 0.1) is 5.82 Å². The van der Waals surface area contributed by atoms with Gasteiger partial charge in [-0.05, 0) is 12.1 Å². The number of carbonyl (C=O) groups is 3. The summed E-state index contributed by atoms with van der Waals surface area (Å²) < 4.78 is 18.2. The molecule has 0 aliphatic heterocycles. The number of hydrogen-bond acceptors (Lipinski definition) is 5. The number of rotatable bonds is 8. The highest BCUT2D eigenvalue weighted by Gasteiger charge is 2.19. The van der Waals surface area contributed by atoms with E-state index >= 15 is 0 Å². The van der Waals surface area contributed by atoms with Gasteiger partial charge in [-0.15, -0.1) is 0 Å². The van der Waals surface area contributed by atoms with Crippen LogP contribution in [0.2, 0.25) is 0 Å². The lowest BCUT2D eigenvalue weighted by Gasteiger charge is -2.23. The van der Waals surface area contributed by atoms with Crippen molar-refractivity contribution >= 4 is 23.6 Å². The van der Waals surface area contributed by atoms with Gasteiger partial charge >= 0.3 is 17.9 Å². The van der Waals surface area contributed by atoms with Gasteiger partial charge in [-0.2, -0.15) is 0 Å². The molecule has 3 N–H and O–H groups in total. The van der Waals surface area contributed by atoms with Gasteiger partial charge < -0.3 is 25.0 Å². The third-order valence-corrected chi connectivity index (χ3v) is 2.27. The first-order chi connectivity index (χ1) is 9.79. The van der Waals surface area contributed by atoms with E-state index in [2.05, 4.69) is 0 Å². The summed E-state index contributed by atoms with van der Waals surface area (Å²) in [6, 6.07) is 2.97. The molecule has 0 saturated heterocycles. The van der Waals surface area contributed by atoms with Crippen LogP contribution in [0.15, 0.2) is 18.2 Å². The molecule has 0 heterocycles. The SMILES string of the molecule is O=C(O)COc1ccc(F)cc1N(CC(=O)O)CC(=O)O. The van der Waals surface area contributed by atoms with E-state index in [0.717, 1.165) is 23.1 Å². The van der Waals surface area contributed by atoms with Crippen LogP contribution in [0.25, 0.3) is 0 Å². The molecule has 0 spiro atoms. The number of benzene rings is 1. The Bertz CT molecular complexity index is 545. The molecule has 0 bridgehead atoms. The summed E-state index contributed by atoms with van der Waals surface area (Å²) >= 11 is 0. The van der Waals surface area contributed by atoms with Crippen LogP contribution in [-0.4, -0.2) is 52.9 Å². The fraction of sp³-hybridized carbons (Fsp3) is 0.250. The minimum Gasteiger partial charge on any atom is -0.480 e. The zero-order valence-corrected chi connectivity index (χ0v) is 10.7. The highest BCUT2D eigenvalue weighted by atomic mass is 19.1. The minimum absolute atomic E-state index is 0.124. The standard InChI is InChI=1S/C12H12FNO7/c13-7-1-2-9(21-6-12(19)20)8(3-7)14(4-10(15)16)5-11(17)18/h1-3H,4-6H2,(H,15,16)(H,17,18)(H,19,20). The van der Waals surface area contributed by atoms with Crippen molar-refractivity contribution in [3.63, 3.8) is 0 Å². The molecular weight excluding hydrogens is 289 g/mol. The van der Waals surface area contributed by atoms with Crippen molar-refractivity contribution in [3.05, 3.63) is 24.0 Å². The van der Waals surface area contributed by atoms with Crippen molar-refractivity contribution in [1.29, 1.82) is 0 Å². The second kappa shape index (κ2) is 7.08. The number of carboxylic acid groups (broad SMARTS) is 3. The van der Waals surface area contributed by atoms with Gasteiger partial charge in [-0.25, -0.2) is 9.18 Å². The number of nitrogens with zero attached hydrogens (tertiary/aromatic N) is 1. The van der Waals surface area contributed by atoms with Gasteiger partial charge in [0.05, 0.1) is 5.69 Å². The summed E-state index contributed by atoms with van der Waals surface area (Å²) in [5, 5.41) is 26.1. The Morgan fingerprint density at radius 1 is 1.05 bits per heavy atom. The molecule has 0 aliphatic carbocycles. The monoisotopic (exact) mass is 301 g/mol. The fourth-order valence-electron chi connectivity index (χ4n) is 1.55. The summed E-state index contributed by atoms with van der Waals surface area (Å²) in [7, 11) is 0.